The van der Waals surface area contributed by atoms with Crippen LogP contribution in [0, 0.1) is 18.3 Å². The monoisotopic (exact) mass is 191 g/mol. The van der Waals surface area contributed by atoms with Crippen molar-refractivity contribution in [2.24, 2.45) is 5.92 Å². The van der Waals surface area contributed by atoms with Gasteiger partial charge < -0.3 is 5.32 Å². The second-order valence-corrected chi connectivity index (χ2v) is 4.07. The van der Waals surface area contributed by atoms with Gasteiger partial charge in [0, 0.05) is 12.5 Å². The first-order chi connectivity index (χ1) is 6.86. The van der Waals surface area contributed by atoms with E-state index in [-0.39, 0.29) is 0 Å². The molecular formula is C13H21N. The van der Waals surface area contributed by atoms with Crippen LogP contribution in [-0.4, -0.2) is 12.6 Å². The molecular weight excluding hydrogens is 170 g/mol. The average Bonchev–Trinajstić information content (AvgIpc) is 2.25. The van der Waals surface area contributed by atoms with E-state index in [0.29, 0.717) is 6.04 Å². The van der Waals surface area contributed by atoms with Crippen molar-refractivity contribution in [3.05, 3.63) is 12.2 Å². The summed E-state index contributed by atoms with van der Waals surface area (Å²) < 4.78 is 0. The predicted octanol–water partition coefficient (Wildman–Crippen LogP) is 2.73. The fraction of sp³-hybridized carbons (Fsp3) is 0.692. The second-order valence-electron chi connectivity index (χ2n) is 4.07. The van der Waals surface area contributed by atoms with Crippen molar-refractivity contribution in [3.8, 4) is 12.3 Å². The molecule has 1 N–H and O–H groups in total. The van der Waals surface area contributed by atoms with Crippen LogP contribution in [-0.2, 0) is 0 Å². The van der Waals surface area contributed by atoms with Gasteiger partial charge in [-0.25, -0.2) is 0 Å². The molecule has 1 rings (SSSR count). The van der Waals surface area contributed by atoms with Gasteiger partial charge in [-0.3, -0.25) is 0 Å². The third kappa shape index (κ3) is 3.98. The van der Waals surface area contributed by atoms with E-state index in [1.807, 2.05) is 0 Å². The zero-order chi connectivity index (χ0) is 10.2. The van der Waals surface area contributed by atoms with Crippen LogP contribution in [0.1, 0.15) is 39.0 Å². The lowest BCUT2D eigenvalue weighted by Crippen LogP contribution is -2.33. The number of rotatable bonds is 5. The summed E-state index contributed by atoms with van der Waals surface area (Å²) in [6, 6.07) is 0.519. The van der Waals surface area contributed by atoms with E-state index in [1.54, 1.807) is 0 Å². The highest BCUT2D eigenvalue weighted by molar-refractivity contribution is 4.92. The number of hydrogen-bond acceptors (Lipinski definition) is 1. The minimum atomic E-state index is 0.519. The molecule has 1 aliphatic rings. The van der Waals surface area contributed by atoms with Crippen LogP contribution in [0.4, 0.5) is 0 Å². The smallest absolute Gasteiger partial charge is 0.0240 e. The van der Waals surface area contributed by atoms with Gasteiger partial charge in [0.05, 0.1) is 0 Å². The molecule has 78 valence electrons. The first-order valence-electron chi connectivity index (χ1n) is 5.68. The Balaban J connectivity index is 2.18. The zero-order valence-corrected chi connectivity index (χ0v) is 9.13. The number of terminal acetylenes is 1. The molecule has 1 aliphatic carbocycles. The Bertz CT molecular complexity index is 212. The topological polar surface area (TPSA) is 12.0 Å². The standard InChI is InChI=1S/C13H21N/c1-3-8-13(4-2)14-11-12-9-6-5-7-10-12/h1,5-6,12-14H,4,7-11H2,2H3. The largest absolute Gasteiger partial charge is 0.313 e. The highest BCUT2D eigenvalue weighted by Crippen LogP contribution is 2.17. The molecule has 0 heterocycles. The van der Waals surface area contributed by atoms with Crippen molar-refractivity contribution in [2.45, 2.75) is 45.1 Å². The summed E-state index contributed by atoms with van der Waals surface area (Å²) >= 11 is 0. The zero-order valence-electron chi connectivity index (χ0n) is 9.13. The van der Waals surface area contributed by atoms with Gasteiger partial charge in [0.25, 0.3) is 0 Å². The van der Waals surface area contributed by atoms with Gasteiger partial charge in [0.1, 0.15) is 0 Å². The van der Waals surface area contributed by atoms with Crippen molar-refractivity contribution in [3.63, 3.8) is 0 Å². The third-order valence-corrected chi connectivity index (χ3v) is 2.93. The molecule has 0 aromatic rings. The molecule has 1 nitrogen and oxygen atoms in total. The quantitative estimate of drug-likeness (QED) is 0.520. The summed E-state index contributed by atoms with van der Waals surface area (Å²) in [7, 11) is 0. The molecule has 0 amide bonds. The highest BCUT2D eigenvalue weighted by Gasteiger charge is 2.11. The lowest BCUT2D eigenvalue weighted by atomic mass is 9.94. The Kier molecular flexibility index (Phi) is 5.40. The van der Waals surface area contributed by atoms with Gasteiger partial charge in [-0.15, -0.1) is 12.3 Å². The van der Waals surface area contributed by atoms with E-state index in [0.717, 1.165) is 25.3 Å². The minimum absolute atomic E-state index is 0.519. The summed E-state index contributed by atoms with van der Waals surface area (Å²) in [6.45, 7) is 3.32. The molecule has 0 aliphatic heterocycles. The van der Waals surface area contributed by atoms with Crippen molar-refractivity contribution in [2.75, 3.05) is 6.54 Å². The number of hydrogen-bond donors (Lipinski definition) is 1. The summed E-state index contributed by atoms with van der Waals surface area (Å²) in [5, 5.41) is 3.56. The van der Waals surface area contributed by atoms with E-state index in [4.69, 9.17) is 6.42 Å². The van der Waals surface area contributed by atoms with Gasteiger partial charge in [0.2, 0.25) is 0 Å². The third-order valence-electron chi connectivity index (χ3n) is 2.93. The Morgan fingerprint density at radius 2 is 2.43 bits per heavy atom. The van der Waals surface area contributed by atoms with E-state index in [9.17, 15) is 0 Å². The molecule has 0 fully saturated rings. The molecule has 2 unspecified atom stereocenters. The summed E-state index contributed by atoms with van der Waals surface area (Å²) in [5.74, 6) is 3.56. The van der Waals surface area contributed by atoms with Gasteiger partial charge in [-0.05, 0) is 38.1 Å². The molecule has 2 atom stereocenters. The van der Waals surface area contributed by atoms with Crippen LogP contribution < -0.4 is 5.32 Å². The number of nitrogens with one attached hydrogen (secondary N) is 1. The van der Waals surface area contributed by atoms with E-state index >= 15 is 0 Å². The Morgan fingerprint density at radius 3 is 3.00 bits per heavy atom. The fourth-order valence-corrected chi connectivity index (χ4v) is 1.88. The Labute approximate surface area is 88.0 Å². The fourth-order valence-electron chi connectivity index (χ4n) is 1.88. The van der Waals surface area contributed by atoms with E-state index in [1.165, 1.54) is 19.3 Å². The first kappa shape index (κ1) is 11.3. The SMILES string of the molecule is C#CCC(CC)NCC1CC=CCC1. The van der Waals surface area contributed by atoms with Crippen molar-refractivity contribution < 1.29 is 0 Å². The van der Waals surface area contributed by atoms with Gasteiger partial charge in [-0.2, -0.15) is 0 Å². The van der Waals surface area contributed by atoms with Crippen LogP contribution in [0.3, 0.4) is 0 Å². The van der Waals surface area contributed by atoms with Crippen LogP contribution >= 0.6 is 0 Å². The minimum Gasteiger partial charge on any atom is -0.313 e. The first-order valence-corrected chi connectivity index (χ1v) is 5.68. The lowest BCUT2D eigenvalue weighted by Gasteiger charge is -2.21. The Morgan fingerprint density at radius 1 is 1.57 bits per heavy atom. The van der Waals surface area contributed by atoms with Crippen LogP contribution in [0.2, 0.25) is 0 Å². The van der Waals surface area contributed by atoms with Crippen LogP contribution in [0.15, 0.2) is 12.2 Å². The Hall–Kier alpha value is -0.740. The molecule has 14 heavy (non-hydrogen) atoms. The maximum Gasteiger partial charge on any atom is 0.0240 e. The van der Waals surface area contributed by atoms with Crippen LogP contribution in [0.25, 0.3) is 0 Å². The van der Waals surface area contributed by atoms with Gasteiger partial charge in [-0.1, -0.05) is 19.1 Å². The molecule has 0 saturated carbocycles. The van der Waals surface area contributed by atoms with E-state index in [2.05, 4.69) is 30.3 Å². The summed E-state index contributed by atoms with van der Waals surface area (Å²) in [4.78, 5) is 0. The number of allylic oxidation sites excluding steroid dienone is 2. The maximum absolute atomic E-state index is 5.31. The van der Waals surface area contributed by atoms with Crippen molar-refractivity contribution in [1.29, 1.82) is 0 Å². The maximum atomic E-state index is 5.31. The normalized spacial score (nSPS) is 23.0. The van der Waals surface area contributed by atoms with Gasteiger partial charge >= 0.3 is 0 Å². The summed E-state index contributed by atoms with van der Waals surface area (Å²) in [5.41, 5.74) is 0. The molecule has 1 heteroatoms. The molecule has 0 spiro atoms. The molecule has 0 aromatic heterocycles. The van der Waals surface area contributed by atoms with Gasteiger partial charge in [0.15, 0.2) is 0 Å². The van der Waals surface area contributed by atoms with E-state index < -0.39 is 0 Å². The van der Waals surface area contributed by atoms with Crippen LogP contribution in [0.5, 0.6) is 0 Å². The van der Waals surface area contributed by atoms with Crippen molar-refractivity contribution >= 4 is 0 Å². The predicted molar refractivity (Wildman–Crippen MR) is 62.0 cm³/mol. The average molecular weight is 191 g/mol. The second kappa shape index (κ2) is 6.68. The molecule has 0 radical (unpaired) electrons. The highest BCUT2D eigenvalue weighted by atomic mass is 14.9. The summed E-state index contributed by atoms with van der Waals surface area (Å²) in [6.07, 6.45) is 15.7. The molecule has 0 aromatic carbocycles. The molecule has 0 bridgehead atoms. The van der Waals surface area contributed by atoms with Crippen molar-refractivity contribution in [1.82, 2.24) is 5.32 Å². The molecule has 0 saturated heterocycles. The lowest BCUT2D eigenvalue weighted by molar-refractivity contribution is 0.398.